The Morgan fingerprint density at radius 1 is 0.589 bits per heavy atom. The summed E-state index contributed by atoms with van der Waals surface area (Å²) in [6, 6.07) is 67.8. The third-order valence-corrected chi connectivity index (χ3v) is 15.2. The van der Waals surface area contributed by atoms with Gasteiger partial charge in [-0.05, 0) is 133 Å². The zero-order valence-corrected chi connectivity index (χ0v) is 45.8. The van der Waals surface area contributed by atoms with Crippen LogP contribution in [0, 0.1) is 19.0 Å². The van der Waals surface area contributed by atoms with Crippen molar-refractivity contribution in [3.05, 3.63) is 216 Å². The van der Waals surface area contributed by atoms with Crippen molar-refractivity contribution in [2.45, 2.75) is 85.9 Å². The summed E-state index contributed by atoms with van der Waals surface area (Å²) < 4.78 is 30.8. The molecule has 0 spiro atoms. The fraction of sp³-hybridized carbons (Fsp3) is 0.194. The normalized spacial score (nSPS) is 12.5. The molecule has 0 aliphatic rings. The fourth-order valence-corrected chi connectivity index (χ4v) is 11.6. The van der Waals surface area contributed by atoms with Crippen molar-refractivity contribution in [3.8, 4) is 45.3 Å². The van der Waals surface area contributed by atoms with Gasteiger partial charge in [-0.3, -0.25) is 9.97 Å². The molecule has 9 aromatic carbocycles. The largest absolute Gasteiger partial charge is 3.00 e. The Labute approximate surface area is 452 Å². The summed E-state index contributed by atoms with van der Waals surface area (Å²) in [7, 11) is 0. The molecule has 0 fully saturated rings. The van der Waals surface area contributed by atoms with Gasteiger partial charge < -0.3 is 9.13 Å². The summed E-state index contributed by atoms with van der Waals surface area (Å²) in [4.78, 5) is 10.3. The molecule has 0 aliphatic heterocycles. The number of rotatable bonds is 9. The number of aromatic nitrogens is 4. The second-order valence-corrected chi connectivity index (χ2v) is 21.2. The molecule has 3 aromatic heterocycles. The van der Waals surface area contributed by atoms with Crippen LogP contribution in [-0.2, 0) is 20.1 Å². The smallest absolute Gasteiger partial charge is 0.333 e. The van der Waals surface area contributed by atoms with Gasteiger partial charge in [-0.1, -0.05) is 163 Å². The van der Waals surface area contributed by atoms with Gasteiger partial charge in [0.2, 0.25) is 0 Å². The number of thiophene rings is 1. The molecule has 0 bridgehead atoms. The van der Waals surface area contributed by atoms with Crippen LogP contribution in [0.3, 0.4) is 0 Å². The number of fused-ring (bicyclic) bond motifs is 6. The molecule has 362 valence electrons. The van der Waals surface area contributed by atoms with Gasteiger partial charge in [0.1, 0.15) is 0 Å². The van der Waals surface area contributed by atoms with Crippen LogP contribution in [0.5, 0.6) is 0 Å². The Hall–Kier alpha value is -6.95. The molecule has 4 nitrogen and oxygen atoms in total. The minimum Gasteiger partial charge on any atom is -0.333 e. The first-order valence-corrected chi connectivity index (χ1v) is 26.1. The molecule has 0 N–H and O–H groups in total. The van der Waals surface area contributed by atoms with Gasteiger partial charge in [0.15, 0.2) is 0 Å². The van der Waals surface area contributed by atoms with Crippen molar-refractivity contribution in [1.29, 1.82) is 0 Å². The first-order chi connectivity index (χ1) is 36.2. The Balaban J connectivity index is 0.000000199. The number of benzene rings is 9. The van der Waals surface area contributed by atoms with E-state index < -0.39 is 6.85 Å². The number of hydrogen-bond acceptors (Lipinski definition) is 2. The van der Waals surface area contributed by atoms with E-state index in [1.807, 2.05) is 30.3 Å². The quantitative estimate of drug-likeness (QED) is 0.107. The molecule has 3 heterocycles. The molecule has 0 radical (unpaired) electrons. The van der Waals surface area contributed by atoms with Gasteiger partial charge in [-0.2, -0.15) is 11.3 Å². The molecule has 12 rings (SSSR count). The van der Waals surface area contributed by atoms with Crippen LogP contribution in [0.25, 0.3) is 98.3 Å². The molecule has 0 saturated heterocycles. The SMILES string of the molecule is CC(C)c1cccc(C(C)C)c1-n1c(-c2[c-]cccc2)nc2ccccc21.[2H]C([2H])([2H])c1ccc2cc3sc4c(-c5[n-]c6ccccc6[n+]5-c5c(C(C)C)cc(-c6ccccc6)cc5C(C)C)[c-]ccc4c3cc2c1.[Ir+3]. The summed E-state index contributed by atoms with van der Waals surface area (Å²) in [5, 5.41) is 4.19. The number of hydrogen-bond donors (Lipinski definition) is 0. The Kier molecular flexibility index (Phi) is 12.9. The summed E-state index contributed by atoms with van der Waals surface area (Å²) in [6.45, 7) is 16.0. The second-order valence-electron chi connectivity index (χ2n) is 20.2. The molecular formula is C67H60IrN4S+. The van der Waals surface area contributed by atoms with Crippen molar-refractivity contribution in [3.63, 3.8) is 0 Å². The molecule has 73 heavy (non-hydrogen) atoms. The van der Waals surface area contributed by atoms with Gasteiger partial charge >= 0.3 is 20.1 Å². The van der Waals surface area contributed by atoms with Gasteiger partial charge in [-0.25, -0.2) is 0 Å². The van der Waals surface area contributed by atoms with Gasteiger partial charge in [-0.15, -0.1) is 54.1 Å². The van der Waals surface area contributed by atoms with Crippen LogP contribution < -0.4 is 9.55 Å². The van der Waals surface area contributed by atoms with E-state index in [0.29, 0.717) is 17.4 Å². The monoisotopic (exact) mass is 1150 g/mol. The van der Waals surface area contributed by atoms with E-state index in [1.54, 1.807) is 23.5 Å². The van der Waals surface area contributed by atoms with Crippen molar-refractivity contribution in [2.75, 3.05) is 0 Å². The topological polar surface area (TPSA) is 35.8 Å². The fourth-order valence-electron chi connectivity index (χ4n) is 10.4. The average Bonchev–Trinajstić information content (AvgIpc) is 4.14. The maximum Gasteiger partial charge on any atom is 3.00 e. The standard InChI is InChI=1S/C42H35N2S.C25H25N2.Ir/c1-25(2)34-21-31(28-12-7-6-8-13-28)22-35(26(3)4)40(34)44-38-17-10-9-16-37(38)43-42(44)33-15-11-14-32-36-23-30-20-27(5)18-19-29(30)24-39(36)45-41(32)33;1-17(2)20-13-10-14-21(18(3)4)24(20)27-23-16-9-8-15-22(23)26-25(27)19-11-6-5-7-12-19;/h6-14,16-26H,1-5H3;5-11,13-18H,1-4H3;/q2*-1;+3/i5D3;;. The maximum absolute atomic E-state index is 7.93. The summed E-state index contributed by atoms with van der Waals surface area (Å²) in [6.07, 6.45) is 0. The number of aryl methyl sites for hydroxylation is 1. The first-order valence-electron chi connectivity index (χ1n) is 26.8. The second kappa shape index (κ2) is 20.5. The van der Waals surface area contributed by atoms with E-state index in [4.69, 9.17) is 14.1 Å². The predicted molar refractivity (Wildman–Crippen MR) is 305 cm³/mol. The van der Waals surface area contributed by atoms with Crippen LogP contribution in [0.4, 0.5) is 0 Å². The van der Waals surface area contributed by atoms with Crippen LogP contribution in [0.15, 0.2) is 176 Å². The minimum atomic E-state index is -2.15. The molecule has 0 amide bonds. The first kappa shape index (κ1) is 45.9. The minimum absolute atomic E-state index is 0. The zero-order chi connectivity index (χ0) is 52.3. The van der Waals surface area contributed by atoms with E-state index in [2.05, 4.69) is 210 Å². The summed E-state index contributed by atoms with van der Waals surface area (Å²) in [5.41, 5.74) is 16.7. The molecule has 0 aliphatic carbocycles. The van der Waals surface area contributed by atoms with Crippen LogP contribution in [0.2, 0.25) is 0 Å². The van der Waals surface area contributed by atoms with Crippen molar-refractivity contribution in [2.24, 2.45) is 0 Å². The molecule has 0 saturated carbocycles. The van der Waals surface area contributed by atoms with E-state index in [1.165, 1.54) is 44.8 Å². The van der Waals surface area contributed by atoms with Gasteiger partial charge in [0.25, 0.3) is 0 Å². The predicted octanol–water partition coefficient (Wildman–Crippen LogP) is 18.0. The summed E-state index contributed by atoms with van der Waals surface area (Å²) >= 11 is 1.75. The van der Waals surface area contributed by atoms with Crippen molar-refractivity contribution >= 4 is 64.3 Å². The van der Waals surface area contributed by atoms with Crippen molar-refractivity contribution in [1.82, 2.24) is 14.5 Å². The number of imidazole rings is 2. The van der Waals surface area contributed by atoms with E-state index >= 15 is 0 Å². The van der Waals surface area contributed by atoms with Crippen LogP contribution in [0.1, 0.15) is 111 Å². The zero-order valence-electron chi connectivity index (χ0n) is 45.6. The maximum atomic E-state index is 7.93. The molecule has 6 heteroatoms. The summed E-state index contributed by atoms with van der Waals surface area (Å²) in [5.74, 6) is 3.21. The number of para-hydroxylation sites is 5. The van der Waals surface area contributed by atoms with Crippen LogP contribution in [-0.4, -0.2) is 9.55 Å². The number of nitrogens with zero attached hydrogens (tertiary/aromatic N) is 4. The van der Waals surface area contributed by atoms with E-state index in [9.17, 15) is 0 Å². The Morgan fingerprint density at radius 2 is 1.27 bits per heavy atom. The molecular weight excluding hydrogens is 1090 g/mol. The molecule has 0 atom stereocenters. The van der Waals surface area contributed by atoms with E-state index in [0.717, 1.165) is 75.8 Å². The molecule has 0 unspecified atom stereocenters. The van der Waals surface area contributed by atoms with Gasteiger partial charge in [0, 0.05) is 20.2 Å². The van der Waals surface area contributed by atoms with Gasteiger partial charge in [0.05, 0.1) is 33.7 Å². The Morgan fingerprint density at radius 3 is 1.97 bits per heavy atom. The Bertz CT molecular complexity index is 4020. The van der Waals surface area contributed by atoms with E-state index in [-0.39, 0.29) is 31.9 Å². The van der Waals surface area contributed by atoms with Crippen LogP contribution >= 0.6 is 11.3 Å². The third-order valence-electron chi connectivity index (χ3n) is 14.0. The van der Waals surface area contributed by atoms with Crippen molar-refractivity contribution < 1.29 is 28.8 Å². The average molecular weight is 1150 g/mol. The third kappa shape index (κ3) is 9.16. The molecule has 12 aromatic rings.